The lowest BCUT2D eigenvalue weighted by atomic mass is 10.0. The summed E-state index contributed by atoms with van der Waals surface area (Å²) < 4.78 is 5.04. The fourth-order valence-electron chi connectivity index (χ4n) is 1.94. The number of hydrogen-bond acceptors (Lipinski definition) is 3. The molecule has 3 nitrogen and oxygen atoms in total. The van der Waals surface area contributed by atoms with E-state index in [1.807, 2.05) is 6.92 Å². The maximum absolute atomic E-state index is 11.8. The molecule has 2 rings (SSSR count). The average Bonchev–Trinajstić information content (AvgIpc) is 2.54. The first-order chi connectivity index (χ1) is 7.63. The van der Waals surface area contributed by atoms with Gasteiger partial charge in [0.15, 0.2) is 5.78 Å². The second-order valence-corrected chi connectivity index (χ2v) is 4.02. The zero-order valence-electron chi connectivity index (χ0n) is 9.36. The number of carbonyl (C=O) groups excluding carboxylic acids is 1. The Morgan fingerprint density at radius 3 is 2.38 bits per heavy atom. The summed E-state index contributed by atoms with van der Waals surface area (Å²) in [5, 5.41) is 9.74. The summed E-state index contributed by atoms with van der Waals surface area (Å²) in [6, 6.07) is 7.15. The fourth-order valence-corrected chi connectivity index (χ4v) is 1.94. The van der Waals surface area contributed by atoms with Crippen molar-refractivity contribution in [2.24, 2.45) is 5.92 Å². The van der Waals surface area contributed by atoms with Crippen molar-refractivity contribution in [3.8, 4) is 5.75 Å². The summed E-state index contributed by atoms with van der Waals surface area (Å²) in [6.07, 6.45) is 0.445. The van der Waals surface area contributed by atoms with E-state index in [-0.39, 0.29) is 17.5 Å². The van der Waals surface area contributed by atoms with E-state index in [0.29, 0.717) is 12.0 Å². The highest BCUT2D eigenvalue weighted by Crippen LogP contribution is 2.33. The zero-order valence-corrected chi connectivity index (χ0v) is 9.36. The molecule has 0 amide bonds. The molecule has 84 valence electrons. The SMILES string of the molecule is COc1ccc(C2=C(O)CC(C)C2=O)cc1. The number of aliphatic hydroxyl groups is 1. The molecule has 0 bridgehead atoms. The summed E-state index contributed by atoms with van der Waals surface area (Å²) in [5.41, 5.74) is 1.21. The Morgan fingerprint density at radius 2 is 1.94 bits per heavy atom. The molecule has 1 aromatic rings. The molecule has 16 heavy (non-hydrogen) atoms. The summed E-state index contributed by atoms with van der Waals surface area (Å²) >= 11 is 0. The van der Waals surface area contributed by atoms with Gasteiger partial charge in [-0.1, -0.05) is 19.1 Å². The van der Waals surface area contributed by atoms with Crippen LogP contribution in [-0.2, 0) is 4.79 Å². The number of methoxy groups -OCH3 is 1. The molecule has 1 N–H and O–H groups in total. The minimum atomic E-state index is -0.114. The van der Waals surface area contributed by atoms with Crippen molar-refractivity contribution in [3.05, 3.63) is 35.6 Å². The number of ether oxygens (including phenoxy) is 1. The first-order valence-corrected chi connectivity index (χ1v) is 5.24. The van der Waals surface area contributed by atoms with Crippen LogP contribution in [-0.4, -0.2) is 18.0 Å². The smallest absolute Gasteiger partial charge is 0.170 e. The van der Waals surface area contributed by atoms with E-state index < -0.39 is 0 Å². The van der Waals surface area contributed by atoms with Gasteiger partial charge >= 0.3 is 0 Å². The van der Waals surface area contributed by atoms with Gasteiger partial charge in [-0.3, -0.25) is 4.79 Å². The van der Waals surface area contributed by atoms with Gasteiger partial charge in [0.25, 0.3) is 0 Å². The standard InChI is InChI=1S/C13H14O3/c1-8-7-11(14)12(13(8)15)9-3-5-10(16-2)6-4-9/h3-6,8,14H,7H2,1-2H3. The molecule has 0 aliphatic heterocycles. The number of ketones is 1. The Hall–Kier alpha value is -1.77. The third-order valence-electron chi connectivity index (χ3n) is 2.86. The molecule has 1 aliphatic rings. The van der Waals surface area contributed by atoms with Crippen molar-refractivity contribution < 1.29 is 14.6 Å². The molecule has 3 heteroatoms. The van der Waals surface area contributed by atoms with Crippen LogP contribution in [0.3, 0.4) is 0 Å². The van der Waals surface area contributed by atoms with Crippen molar-refractivity contribution >= 4 is 11.4 Å². The van der Waals surface area contributed by atoms with Crippen LogP contribution in [0.1, 0.15) is 18.9 Å². The number of Topliss-reactive ketones (excluding diaryl/α,β-unsaturated/α-hetero) is 1. The van der Waals surface area contributed by atoms with Crippen molar-refractivity contribution in [1.29, 1.82) is 0 Å². The minimum Gasteiger partial charge on any atom is -0.512 e. The van der Waals surface area contributed by atoms with Crippen molar-refractivity contribution in [2.45, 2.75) is 13.3 Å². The molecule has 0 aromatic heterocycles. The first-order valence-electron chi connectivity index (χ1n) is 5.24. The van der Waals surface area contributed by atoms with E-state index in [2.05, 4.69) is 0 Å². The van der Waals surface area contributed by atoms with Gasteiger partial charge in [-0.15, -0.1) is 0 Å². The Balaban J connectivity index is 2.37. The highest BCUT2D eigenvalue weighted by Gasteiger charge is 2.30. The summed E-state index contributed by atoms with van der Waals surface area (Å²) in [7, 11) is 1.59. The monoisotopic (exact) mass is 218 g/mol. The van der Waals surface area contributed by atoms with Crippen molar-refractivity contribution in [3.63, 3.8) is 0 Å². The van der Waals surface area contributed by atoms with Gasteiger partial charge in [-0.05, 0) is 17.7 Å². The second kappa shape index (κ2) is 4.00. The Labute approximate surface area is 94.4 Å². The van der Waals surface area contributed by atoms with E-state index in [1.54, 1.807) is 31.4 Å². The summed E-state index contributed by atoms with van der Waals surface area (Å²) in [5.74, 6) is 0.838. The maximum Gasteiger partial charge on any atom is 0.170 e. The first kappa shape index (κ1) is 10.7. The predicted octanol–water partition coefficient (Wildman–Crippen LogP) is 2.57. The third kappa shape index (κ3) is 1.69. The molecule has 1 unspecified atom stereocenters. The van der Waals surface area contributed by atoms with Crippen LogP contribution in [0.2, 0.25) is 0 Å². The summed E-state index contributed by atoms with van der Waals surface area (Å²) in [4.78, 5) is 11.8. The van der Waals surface area contributed by atoms with Crippen LogP contribution in [0.25, 0.3) is 5.57 Å². The van der Waals surface area contributed by atoms with E-state index in [0.717, 1.165) is 11.3 Å². The quantitative estimate of drug-likeness (QED) is 0.829. The number of benzene rings is 1. The maximum atomic E-state index is 11.8. The number of aliphatic hydroxyl groups excluding tert-OH is 1. The van der Waals surface area contributed by atoms with Gasteiger partial charge in [-0.2, -0.15) is 0 Å². The Morgan fingerprint density at radius 1 is 1.31 bits per heavy atom. The van der Waals surface area contributed by atoms with Crippen LogP contribution in [0.4, 0.5) is 0 Å². The predicted molar refractivity (Wildman–Crippen MR) is 61.3 cm³/mol. The third-order valence-corrected chi connectivity index (χ3v) is 2.86. The number of carbonyl (C=O) groups is 1. The second-order valence-electron chi connectivity index (χ2n) is 4.02. The van der Waals surface area contributed by atoms with Gasteiger partial charge in [-0.25, -0.2) is 0 Å². The molecule has 0 radical (unpaired) electrons. The molecule has 1 aliphatic carbocycles. The number of allylic oxidation sites excluding steroid dienone is 2. The van der Waals surface area contributed by atoms with Crippen molar-refractivity contribution in [1.82, 2.24) is 0 Å². The lowest BCUT2D eigenvalue weighted by Gasteiger charge is -2.04. The molecule has 0 saturated carbocycles. The van der Waals surface area contributed by atoms with Gasteiger partial charge in [0.1, 0.15) is 11.5 Å². The molecule has 0 fully saturated rings. The molecule has 1 atom stereocenters. The van der Waals surface area contributed by atoms with Crippen LogP contribution < -0.4 is 4.74 Å². The van der Waals surface area contributed by atoms with Gasteiger partial charge in [0.2, 0.25) is 0 Å². The highest BCUT2D eigenvalue weighted by atomic mass is 16.5. The van der Waals surface area contributed by atoms with Crippen LogP contribution in [0.5, 0.6) is 5.75 Å². The molecule has 0 saturated heterocycles. The molecule has 1 aromatic carbocycles. The molecule has 0 spiro atoms. The van der Waals surface area contributed by atoms with Crippen LogP contribution in [0.15, 0.2) is 30.0 Å². The van der Waals surface area contributed by atoms with Crippen LogP contribution >= 0.6 is 0 Å². The normalized spacial score (nSPS) is 20.4. The van der Waals surface area contributed by atoms with Gasteiger partial charge < -0.3 is 9.84 Å². The zero-order chi connectivity index (χ0) is 11.7. The van der Waals surface area contributed by atoms with Crippen molar-refractivity contribution in [2.75, 3.05) is 7.11 Å². The summed E-state index contributed by atoms with van der Waals surface area (Å²) in [6.45, 7) is 1.83. The molecular formula is C13H14O3. The van der Waals surface area contributed by atoms with Gasteiger partial charge in [0, 0.05) is 12.3 Å². The molecule has 0 heterocycles. The largest absolute Gasteiger partial charge is 0.512 e. The number of rotatable bonds is 2. The van der Waals surface area contributed by atoms with E-state index in [4.69, 9.17) is 4.74 Å². The Kier molecular flexibility index (Phi) is 2.69. The average molecular weight is 218 g/mol. The lowest BCUT2D eigenvalue weighted by Crippen LogP contribution is -2.05. The van der Waals surface area contributed by atoms with E-state index in [1.165, 1.54) is 0 Å². The minimum absolute atomic E-state index is 0.0164. The van der Waals surface area contributed by atoms with E-state index in [9.17, 15) is 9.90 Å². The Bertz CT molecular complexity index is 443. The molecular weight excluding hydrogens is 204 g/mol. The highest BCUT2D eigenvalue weighted by molar-refractivity contribution is 6.24. The number of hydrogen-bond donors (Lipinski definition) is 1. The lowest BCUT2D eigenvalue weighted by molar-refractivity contribution is -0.116. The van der Waals surface area contributed by atoms with Crippen LogP contribution in [0, 0.1) is 5.92 Å². The van der Waals surface area contributed by atoms with Gasteiger partial charge in [0.05, 0.1) is 12.7 Å². The fraction of sp³-hybridized carbons (Fsp3) is 0.308. The topological polar surface area (TPSA) is 46.5 Å². The van der Waals surface area contributed by atoms with E-state index >= 15 is 0 Å².